The summed E-state index contributed by atoms with van der Waals surface area (Å²) < 4.78 is 7.15. The standard InChI is InChI=1S/C15H24N4O4/c1-15(2,3)23-14(22)18-6-4-7-19-11(10-18)9-12(17-19)13(21)16-5-8-20/h9,20H,4-8,10H2,1-3H3,(H,16,21). The van der Waals surface area contributed by atoms with Gasteiger partial charge in [-0.3, -0.25) is 9.48 Å². The zero-order valence-corrected chi connectivity index (χ0v) is 13.8. The molecule has 0 spiro atoms. The summed E-state index contributed by atoms with van der Waals surface area (Å²) in [5, 5.41) is 15.6. The maximum atomic E-state index is 12.2. The van der Waals surface area contributed by atoms with Crippen molar-refractivity contribution in [2.24, 2.45) is 0 Å². The molecule has 0 saturated heterocycles. The van der Waals surface area contributed by atoms with Crippen molar-refractivity contribution in [3.8, 4) is 0 Å². The molecule has 0 fully saturated rings. The van der Waals surface area contributed by atoms with Crippen molar-refractivity contribution < 1.29 is 19.4 Å². The maximum Gasteiger partial charge on any atom is 0.410 e. The molecule has 2 heterocycles. The Morgan fingerprint density at radius 2 is 2.13 bits per heavy atom. The minimum atomic E-state index is -0.543. The van der Waals surface area contributed by atoms with Crippen LogP contribution in [0.1, 0.15) is 43.4 Å². The van der Waals surface area contributed by atoms with E-state index >= 15 is 0 Å². The number of amides is 2. The lowest BCUT2D eigenvalue weighted by Crippen LogP contribution is -2.36. The summed E-state index contributed by atoms with van der Waals surface area (Å²) in [5.41, 5.74) is 0.542. The fourth-order valence-corrected chi connectivity index (χ4v) is 2.32. The molecule has 0 bridgehead atoms. The number of ether oxygens (including phenoxy) is 1. The van der Waals surface area contributed by atoms with Crippen LogP contribution in [0.4, 0.5) is 4.79 Å². The van der Waals surface area contributed by atoms with Gasteiger partial charge in [0, 0.05) is 19.6 Å². The van der Waals surface area contributed by atoms with Gasteiger partial charge in [-0.05, 0) is 33.3 Å². The summed E-state index contributed by atoms with van der Waals surface area (Å²) in [6.07, 6.45) is 0.379. The van der Waals surface area contributed by atoms with Crippen molar-refractivity contribution in [2.45, 2.75) is 45.9 Å². The largest absolute Gasteiger partial charge is 0.444 e. The first-order valence-electron chi connectivity index (χ1n) is 7.74. The Labute approximate surface area is 135 Å². The number of carbonyl (C=O) groups excluding carboxylic acids is 2. The van der Waals surface area contributed by atoms with Gasteiger partial charge in [-0.25, -0.2) is 4.79 Å². The zero-order chi connectivity index (χ0) is 17.0. The van der Waals surface area contributed by atoms with Gasteiger partial charge in [-0.2, -0.15) is 5.10 Å². The van der Waals surface area contributed by atoms with E-state index in [2.05, 4.69) is 10.4 Å². The first-order chi connectivity index (χ1) is 10.8. The molecular formula is C15H24N4O4. The quantitative estimate of drug-likeness (QED) is 0.855. The normalized spacial score (nSPS) is 14.9. The summed E-state index contributed by atoms with van der Waals surface area (Å²) in [6, 6.07) is 1.68. The molecule has 1 aliphatic heterocycles. The van der Waals surface area contributed by atoms with Crippen molar-refractivity contribution in [3.63, 3.8) is 0 Å². The molecule has 1 aromatic rings. The van der Waals surface area contributed by atoms with Gasteiger partial charge in [-0.1, -0.05) is 0 Å². The number of fused-ring (bicyclic) bond motifs is 1. The molecule has 0 atom stereocenters. The second-order valence-corrected chi connectivity index (χ2v) is 6.48. The van der Waals surface area contributed by atoms with Gasteiger partial charge in [0.05, 0.1) is 18.8 Å². The summed E-state index contributed by atoms with van der Waals surface area (Å²) in [7, 11) is 0. The van der Waals surface area contributed by atoms with E-state index in [4.69, 9.17) is 9.84 Å². The van der Waals surface area contributed by atoms with Gasteiger partial charge in [0.25, 0.3) is 5.91 Å². The minimum Gasteiger partial charge on any atom is -0.444 e. The Morgan fingerprint density at radius 1 is 1.39 bits per heavy atom. The van der Waals surface area contributed by atoms with Crippen LogP contribution >= 0.6 is 0 Å². The van der Waals surface area contributed by atoms with Crippen molar-refractivity contribution in [3.05, 3.63) is 17.5 Å². The number of aromatic nitrogens is 2. The Hall–Kier alpha value is -2.09. The average molecular weight is 324 g/mol. The molecule has 0 saturated carbocycles. The lowest BCUT2D eigenvalue weighted by atomic mass is 10.2. The first kappa shape index (κ1) is 17.3. The first-order valence-corrected chi connectivity index (χ1v) is 7.74. The van der Waals surface area contributed by atoms with Crippen molar-refractivity contribution in [1.29, 1.82) is 0 Å². The van der Waals surface area contributed by atoms with Crippen molar-refractivity contribution in [2.75, 3.05) is 19.7 Å². The highest BCUT2D eigenvalue weighted by Crippen LogP contribution is 2.17. The zero-order valence-electron chi connectivity index (χ0n) is 13.8. The molecule has 8 heteroatoms. The number of aliphatic hydroxyl groups is 1. The molecule has 2 amide bonds. The monoisotopic (exact) mass is 324 g/mol. The second kappa shape index (κ2) is 6.99. The second-order valence-electron chi connectivity index (χ2n) is 6.48. The van der Waals surface area contributed by atoms with Gasteiger partial charge in [-0.15, -0.1) is 0 Å². The predicted octanol–water partition coefficient (Wildman–Crippen LogP) is 0.746. The molecule has 2 N–H and O–H groups in total. The number of nitrogens with one attached hydrogen (secondary N) is 1. The van der Waals surface area contributed by atoms with Crippen LogP contribution < -0.4 is 5.32 Å². The lowest BCUT2D eigenvalue weighted by molar-refractivity contribution is 0.0236. The third kappa shape index (κ3) is 4.69. The summed E-state index contributed by atoms with van der Waals surface area (Å²) in [4.78, 5) is 25.8. The van der Waals surface area contributed by atoms with E-state index in [-0.39, 0.29) is 25.2 Å². The van der Waals surface area contributed by atoms with Crippen LogP contribution in [0.15, 0.2) is 6.07 Å². The molecule has 128 valence electrons. The average Bonchev–Trinajstić information content (AvgIpc) is 2.75. The molecule has 0 unspecified atom stereocenters. The third-order valence-corrected chi connectivity index (χ3v) is 3.30. The van der Waals surface area contributed by atoms with Crippen molar-refractivity contribution in [1.82, 2.24) is 20.0 Å². The van der Waals surface area contributed by atoms with Crippen LogP contribution in [-0.4, -0.2) is 57.1 Å². The fourth-order valence-electron chi connectivity index (χ4n) is 2.32. The third-order valence-electron chi connectivity index (χ3n) is 3.30. The van der Waals surface area contributed by atoms with Crippen LogP contribution in [0.25, 0.3) is 0 Å². The summed E-state index contributed by atoms with van der Waals surface area (Å²) >= 11 is 0. The van der Waals surface area contributed by atoms with E-state index in [9.17, 15) is 9.59 Å². The molecule has 8 nitrogen and oxygen atoms in total. The van der Waals surface area contributed by atoms with Crippen molar-refractivity contribution >= 4 is 12.0 Å². The number of aryl methyl sites for hydroxylation is 1. The Morgan fingerprint density at radius 3 is 2.78 bits per heavy atom. The topological polar surface area (TPSA) is 96.7 Å². The minimum absolute atomic E-state index is 0.119. The van der Waals surface area contributed by atoms with E-state index in [1.165, 1.54) is 0 Å². The SMILES string of the molecule is CC(C)(C)OC(=O)N1CCCn2nc(C(=O)NCCO)cc2C1. The lowest BCUT2D eigenvalue weighted by Gasteiger charge is -2.26. The van der Waals surface area contributed by atoms with Crippen LogP contribution in [-0.2, 0) is 17.8 Å². The molecule has 0 radical (unpaired) electrons. The highest BCUT2D eigenvalue weighted by Gasteiger charge is 2.26. The van der Waals surface area contributed by atoms with E-state index in [0.29, 0.717) is 25.3 Å². The van der Waals surface area contributed by atoms with E-state index in [1.54, 1.807) is 15.6 Å². The number of nitrogens with zero attached hydrogens (tertiary/aromatic N) is 3. The Bertz CT molecular complexity index is 577. The van der Waals surface area contributed by atoms with Gasteiger partial charge in [0.15, 0.2) is 5.69 Å². The summed E-state index contributed by atoms with van der Waals surface area (Å²) in [5.74, 6) is -0.330. The molecule has 0 aromatic carbocycles. The van der Waals surface area contributed by atoms with Gasteiger partial charge >= 0.3 is 6.09 Å². The number of carbonyl (C=O) groups is 2. The van der Waals surface area contributed by atoms with Gasteiger partial charge in [0.2, 0.25) is 0 Å². The highest BCUT2D eigenvalue weighted by atomic mass is 16.6. The van der Waals surface area contributed by atoms with E-state index < -0.39 is 5.60 Å². The molecule has 2 rings (SSSR count). The van der Waals surface area contributed by atoms with E-state index in [0.717, 1.165) is 12.1 Å². The van der Waals surface area contributed by atoms with E-state index in [1.807, 2.05) is 20.8 Å². The van der Waals surface area contributed by atoms with Gasteiger partial charge < -0.3 is 20.1 Å². The molecule has 23 heavy (non-hydrogen) atoms. The van der Waals surface area contributed by atoms with Crippen LogP contribution in [0.3, 0.4) is 0 Å². The number of hydrogen-bond donors (Lipinski definition) is 2. The Balaban J connectivity index is 2.09. The highest BCUT2D eigenvalue weighted by molar-refractivity contribution is 5.92. The van der Waals surface area contributed by atoms with Crippen LogP contribution in [0.5, 0.6) is 0 Å². The molecular weight excluding hydrogens is 300 g/mol. The number of rotatable bonds is 3. The van der Waals surface area contributed by atoms with Crippen LogP contribution in [0.2, 0.25) is 0 Å². The number of aliphatic hydroxyl groups excluding tert-OH is 1. The van der Waals surface area contributed by atoms with Gasteiger partial charge in [0.1, 0.15) is 5.60 Å². The number of hydrogen-bond acceptors (Lipinski definition) is 5. The smallest absolute Gasteiger partial charge is 0.410 e. The molecule has 1 aliphatic rings. The Kier molecular flexibility index (Phi) is 5.25. The van der Waals surface area contributed by atoms with Crippen LogP contribution in [0, 0.1) is 0 Å². The molecule has 0 aliphatic carbocycles. The molecule has 1 aromatic heterocycles. The maximum absolute atomic E-state index is 12.2. The predicted molar refractivity (Wildman–Crippen MR) is 82.9 cm³/mol. The fraction of sp³-hybridized carbons (Fsp3) is 0.667. The summed E-state index contributed by atoms with van der Waals surface area (Å²) in [6.45, 7) is 7.14.